The summed E-state index contributed by atoms with van der Waals surface area (Å²) in [6.07, 6.45) is 13.3. The maximum atomic E-state index is 9.72. The first-order chi connectivity index (χ1) is 10.8. The molecule has 0 aromatic carbocycles. The van der Waals surface area contributed by atoms with Gasteiger partial charge in [0.05, 0.1) is 6.10 Å². The summed E-state index contributed by atoms with van der Waals surface area (Å²) in [7, 11) is 0. The van der Waals surface area contributed by atoms with Gasteiger partial charge in [0, 0.05) is 12.3 Å². The Kier molecular flexibility index (Phi) is 8.42. The summed E-state index contributed by atoms with van der Waals surface area (Å²) in [5.74, 6) is 7.04. The summed E-state index contributed by atoms with van der Waals surface area (Å²) in [6, 6.07) is 0. The second kappa shape index (κ2) is 9.78. The van der Waals surface area contributed by atoms with Gasteiger partial charge in [-0.05, 0) is 49.5 Å². The van der Waals surface area contributed by atoms with Gasteiger partial charge in [0.15, 0.2) is 0 Å². The van der Waals surface area contributed by atoms with Gasteiger partial charge in [-0.25, -0.2) is 0 Å². The molecule has 1 aliphatic rings. The maximum absolute atomic E-state index is 9.72. The number of rotatable bonds is 6. The lowest BCUT2D eigenvalue weighted by Crippen LogP contribution is -2.14. The topological polar surface area (TPSA) is 20.2 Å². The van der Waals surface area contributed by atoms with Gasteiger partial charge in [0.2, 0.25) is 0 Å². The number of hydrogen-bond donors (Lipinski definition) is 1. The van der Waals surface area contributed by atoms with E-state index in [1.165, 1.54) is 24.0 Å². The molecule has 0 spiro atoms. The van der Waals surface area contributed by atoms with Crippen LogP contribution in [-0.2, 0) is 0 Å². The summed E-state index contributed by atoms with van der Waals surface area (Å²) < 4.78 is 0. The summed E-state index contributed by atoms with van der Waals surface area (Å²) in [5.41, 5.74) is 2.70. The Balaban J connectivity index is 2.31. The van der Waals surface area contributed by atoms with E-state index in [1.807, 2.05) is 0 Å². The van der Waals surface area contributed by atoms with Crippen molar-refractivity contribution in [2.45, 2.75) is 78.7 Å². The highest BCUT2D eigenvalue weighted by molar-refractivity contribution is 5.34. The summed E-state index contributed by atoms with van der Waals surface area (Å²) >= 11 is 0. The van der Waals surface area contributed by atoms with E-state index in [2.05, 4.69) is 64.3 Å². The highest BCUT2D eigenvalue weighted by Crippen LogP contribution is 2.28. The van der Waals surface area contributed by atoms with Crippen LogP contribution >= 0.6 is 0 Å². The van der Waals surface area contributed by atoms with Gasteiger partial charge in [-0.1, -0.05) is 58.1 Å². The normalized spacial score (nSPS) is 21.0. The molecule has 0 radical (unpaired) electrons. The Morgan fingerprint density at radius 3 is 2.83 bits per heavy atom. The van der Waals surface area contributed by atoms with Crippen molar-refractivity contribution >= 4 is 0 Å². The zero-order valence-electron chi connectivity index (χ0n) is 15.5. The van der Waals surface area contributed by atoms with Crippen molar-refractivity contribution < 1.29 is 5.11 Å². The van der Waals surface area contributed by atoms with Crippen molar-refractivity contribution in [2.75, 3.05) is 0 Å². The molecule has 0 saturated heterocycles. The Morgan fingerprint density at radius 1 is 1.39 bits per heavy atom. The van der Waals surface area contributed by atoms with Gasteiger partial charge < -0.3 is 5.11 Å². The summed E-state index contributed by atoms with van der Waals surface area (Å²) in [6.45, 7) is 13.0. The first-order valence-electron chi connectivity index (χ1n) is 9.00. The van der Waals surface area contributed by atoms with Gasteiger partial charge in [0.1, 0.15) is 0 Å². The van der Waals surface area contributed by atoms with E-state index in [0.717, 1.165) is 32.1 Å². The molecule has 1 saturated carbocycles. The molecule has 0 aromatic heterocycles. The van der Waals surface area contributed by atoms with E-state index in [1.54, 1.807) is 0 Å². The fraction of sp³-hybridized carbons (Fsp3) is 0.636. The molecule has 0 aliphatic heterocycles. The van der Waals surface area contributed by atoms with Gasteiger partial charge in [0.25, 0.3) is 0 Å². The molecule has 1 atom stereocenters. The maximum Gasteiger partial charge on any atom is 0.0583 e. The van der Waals surface area contributed by atoms with Crippen LogP contribution in [0, 0.1) is 23.2 Å². The molecule has 0 unspecified atom stereocenters. The van der Waals surface area contributed by atoms with Crippen molar-refractivity contribution in [3.8, 4) is 11.8 Å². The average molecular weight is 315 g/mol. The Bertz CT molecular complexity index is 494. The number of hydrogen-bond acceptors (Lipinski definition) is 1. The van der Waals surface area contributed by atoms with Gasteiger partial charge in [-0.2, -0.15) is 0 Å². The third-order valence-corrected chi connectivity index (χ3v) is 4.30. The lowest BCUT2D eigenvalue weighted by Gasteiger charge is -2.21. The van der Waals surface area contributed by atoms with E-state index in [9.17, 15) is 5.11 Å². The monoisotopic (exact) mass is 314 g/mol. The average Bonchev–Trinajstić information content (AvgIpc) is 2.45. The van der Waals surface area contributed by atoms with Crippen LogP contribution < -0.4 is 0 Å². The lowest BCUT2D eigenvalue weighted by molar-refractivity contribution is 0.158. The second-order valence-corrected chi connectivity index (χ2v) is 7.83. The number of unbranched alkanes of at least 4 members (excludes halogenated alkanes) is 1. The second-order valence-electron chi connectivity index (χ2n) is 7.83. The lowest BCUT2D eigenvalue weighted by atomic mass is 9.84. The van der Waals surface area contributed by atoms with Crippen LogP contribution in [0.1, 0.15) is 72.6 Å². The van der Waals surface area contributed by atoms with E-state index in [4.69, 9.17) is 0 Å². The van der Waals surface area contributed by atoms with Crippen LogP contribution in [0.2, 0.25) is 0 Å². The first-order valence-corrected chi connectivity index (χ1v) is 9.00. The molecule has 128 valence electrons. The predicted molar refractivity (Wildman–Crippen MR) is 101 cm³/mol. The van der Waals surface area contributed by atoms with Crippen molar-refractivity contribution in [1.29, 1.82) is 0 Å². The Hall–Kier alpha value is -1.26. The zero-order chi connectivity index (χ0) is 17.3. The molecule has 1 rings (SSSR count). The van der Waals surface area contributed by atoms with Crippen molar-refractivity contribution in [3.05, 3.63) is 36.0 Å². The van der Waals surface area contributed by atoms with Crippen molar-refractivity contribution in [3.63, 3.8) is 0 Å². The molecule has 1 heteroatoms. The number of aliphatic hydroxyl groups excluding tert-OH is 1. The van der Waals surface area contributed by atoms with Crippen LogP contribution in [0.25, 0.3) is 0 Å². The quantitative estimate of drug-likeness (QED) is 0.484. The third-order valence-electron chi connectivity index (χ3n) is 4.30. The van der Waals surface area contributed by atoms with E-state index in [0.29, 0.717) is 11.3 Å². The molecule has 0 bridgehead atoms. The van der Waals surface area contributed by atoms with Crippen molar-refractivity contribution in [1.82, 2.24) is 0 Å². The Labute approximate surface area is 143 Å². The highest BCUT2D eigenvalue weighted by Gasteiger charge is 2.16. The molecule has 1 fully saturated rings. The standard InChI is InChI=1S/C22H34O/c1-18(2)11-10-16-22(4,5)15-9-7-6-8-12-20-17-21(23)14-13-19(20)3/h6,8,12,18,21,23H,3,7,9,13-17H2,1-2,4-5H3/b8-6+,20-12-/t21-/m0/s1. The van der Waals surface area contributed by atoms with Gasteiger partial charge >= 0.3 is 0 Å². The van der Waals surface area contributed by atoms with E-state index >= 15 is 0 Å². The van der Waals surface area contributed by atoms with Crippen LogP contribution in [0.15, 0.2) is 36.0 Å². The molecule has 0 amide bonds. The predicted octanol–water partition coefficient (Wildman–Crippen LogP) is 5.82. The minimum absolute atomic E-state index is 0.187. The van der Waals surface area contributed by atoms with E-state index < -0.39 is 0 Å². The molecule has 0 heterocycles. The van der Waals surface area contributed by atoms with Gasteiger partial charge in [-0.3, -0.25) is 0 Å². The third kappa shape index (κ3) is 8.82. The van der Waals surface area contributed by atoms with E-state index in [-0.39, 0.29) is 6.10 Å². The molecule has 1 nitrogen and oxygen atoms in total. The molecule has 1 N–H and O–H groups in total. The number of allylic oxidation sites excluding steroid dienone is 4. The molecular weight excluding hydrogens is 280 g/mol. The first kappa shape index (κ1) is 19.8. The van der Waals surface area contributed by atoms with Crippen molar-refractivity contribution in [2.24, 2.45) is 11.3 Å². The van der Waals surface area contributed by atoms with Crippen LogP contribution in [0.5, 0.6) is 0 Å². The zero-order valence-corrected chi connectivity index (χ0v) is 15.5. The minimum Gasteiger partial charge on any atom is -0.393 e. The summed E-state index contributed by atoms with van der Waals surface area (Å²) in [5, 5.41) is 9.72. The minimum atomic E-state index is -0.187. The molecule has 0 aromatic rings. The molecular formula is C22H34O. The Morgan fingerprint density at radius 2 is 2.13 bits per heavy atom. The van der Waals surface area contributed by atoms with Gasteiger partial charge in [-0.15, -0.1) is 11.8 Å². The SMILES string of the molecule is C=C1CC[C@H](O)C/C1=C/C=C/CCCC(C)(C)CC#CC(C)C. The fourth-order valence-corrected chi connectivity index (χ4v) is 2.75. The van der Waals surface area contributed by atoms with Crippen LogP contribution in [0.3, 0.4) is 0 Å². The molecule has 23 heavy (non-hydrogen) atoms. The summed E-state index contributed by atoms with van der Waals surface area (Å²) in [4.78, 5) is 0. The molecule has 1 aliphatic carbocycles. The number of aliphatic hydroxyl groups is 1. The largest absolute Gasteiger partial charge is 0.393 e. The fourth-order valence-electron chi connectivity index (χ4n) is 2.75. The smallest absolute Gasteiger partial charge is 0.0583 e. The van der Waals surface area contributed by atoms with Crippen LogP contribution in [-0.4, -0.2) is 11.2 Å². The van der Waals surface area contributed by atoms with Crippen LogP contribution in [0.4, 0.5) is 0 Å². The highest BCUT2D eigenvalue weighted by atomic mass is 16.3.